The number of nitrogens with zero attached hydrogens (tertiary/aromatic N) is 1. The first-order valence-electron chi connectivity index (χ1n) is 12.4. The summed E-state index contributed by atoms with van der Waals surface area (Å²) in [4.78, 5) is 67.4. The normalized spacial score (nSPS) is 13.3. The van der Waals surface area contributed by atoms with Crippen molar-refractivity contribution in [3.8, 4) is 0 Å². The van der Waals surface area contributed by atoms with Crippen molar-refractivity contribution in [2.24, 2.45) is 0 Å². The Morgan fingerprint density at radius 2 is 1.36 bits per heavy atom. The SMILES string of the molecule is C[C@H](NC(=O)[C@H](Cc1ccccc1)NC(=O)[C@@H](Cc1ccccc1)n1c(=O)[nH]c2ccccc2c1=O)C(=O)O. The van der Waals surface area contributed by atoms with Gasteiger partial charge in [-0.15, -0.1) is 0 Å². The molecule has 0 unspecified atom stereocenters. The number of fused-ring (bicyclic) bond motifs is 1. The van der Waals surface area contributed by atoms with Crippen LogP contribution in [0.5, 0.6) is 0 Å². The molecular weight excluding hydrogens is 500 g/mol. The number of H-pyrrole nitrogens is 1. The van der Waals surface area contributed by atoms with Crippen LogP contribution in [-0.2, 0) is 27.2 Å². The number of carbonyl (C=O) groups excluding carboxylic acids is 2. The maximum atomic E-state index is 13.8. The van der Waals surface area contributed by atoms with Gasteiger partial charge in [-0.25, -0.2) is 9.36 Å². The summed E-state index contributed by atoms with van der Waals surface area (Å²) < 4.78 is 0.863. The number of aliphatic carboxylic acids is 1. The van der Waals surface area contributed by atoms with Crippen LogP contribution in [0, 0.1) is 0 Å². The molecule has 3 aromatic carbocycles. The number of benzene rings is 3. The van der Waals surface area contributed by atoms with Crippen molar-refractivity contribution in [1.29, 1.82) is 0 Å². The highest BCUT2D eigenvalue weighted by Gasteiger charge is 2.30. The van der Waals surface area contributed by atoms with Gasteiger partial charge in [0.25, 0.3) is 5.56 Å². The van der Waals surface area contributed by atoms with Crippen molar-refractivity contribution in [1.82, 2.24) is 20.2 Å². The fourth-order valence-corrected chi connectivity index (χ4v) is 4.30. The van der Waals surface area contributed by atoms with Gasteiger partial charge in [0.15, 0.2) is 0 Å². The third-order valence-electron chi connectivity index (χ3n) is 6.37. The number of carbonyl (C=O) groups is 3. The van der Waals surface area contributed by atoms with E-state index >= 15 is 0 Å². The molecule has 0 bridgehead atoms. The lowest BCUT2D eigenvalue weighted by Gasteiger charge is -2.24. The van der Waals surface area contributed by atoms with E-state index < -0.39 is 47.2 Å². The Morgan fingerprint density at radius 1 is 0.795 bits per heavy atom. The Hall–Kier alpha value is -4.99. The van der Waals surface area contributed by atoms with Crippen molar-refractivity contribution in [2.45, 2.75) is 37.9 Å². The zero-order valence-electron chi connectivity index (χ0n) is 21.2. The van der Waals surface area contributed by atoms with Crippen LogP contribution in [0.15, 0.2) is 94.5 Å². The molecule has 0 aliphatic heterocycles. The molecule has 3 atom stereocenters. The van der Waals surface area contributed by atoms with Crippen LogP contribution in [0.2, 0.25) is 0 Å². The molecule has 0 saturated heterocycles. The molecule has 0 spiro atoms. The second-order valence-corrected chi connectivity index (χ2v) is 9.18. The molecule has 10 heteroatoms. The minimum atomic E-state index is -1.30. The highest BCUT2D eigenvalue weighted by atomic mass is 16.4. The Labute approximate surface area is 223 Å². The third-order valence-corrected chi connectivity index (χ3v) is 6.37. The van der Waals surface area contributed by atoms with Crippen LogP contribution in [0.25, 0.3) is 10.9 Å². The number of hydrogen-bond acceptors (Lipinski definition) is 5. The molecule has 0 radical (unpaired) electrons. The fraction of sp³-hybridized carbons (Fsp3) is 0.207. The van der Waals surface area contributed by atoms with E-state index in [4.69, 9.17) is 0 Å². The lowest BCUT2D eigenvalue weighted by molar-refractivity contribution is -0.141. The smallest absolute Gasteiger partial charge is 0.329 e. The van der Waals surface area contributed by atoms with Gasteiger partial charge >= 0.3 is 11.7 Å². The zero-order valence-corrected chi connectivity index (χ0v) is 21.2. The Kier molecular flexibility index (Phi) is 8.35. The Bertz CT molecular complexity index is 1600. The summed E-state index contributed by atoms with van der Waals surface area (Å²) >= 11 is 0. The molecule has 10 nitrogen and oxygen atoms in total. The number of aromatic nitrogens is 2. The summed E-state index contributed by atoms with van der Waals surface area (Å²) in [5, 5.41) is 14.6. The summed E-state index contributed by atoms with van der Waals surface area (Å²) in [7, 11) is 0. The molecule has 2 amide bonds. The molecule has 0 aliphatic carbocycles. The lowest BCUT2D eigenvalue weighted by Crippen LogP contribution is -2.54. The first kappa shape index (κ1) is 27.1. The third kappa shape index (κ3) is 6.48. The number of aromatic amines is 1. The summed E-state index contributed by atoms with van der Waals surface area (Å²) in [5.41, 5.74) is 0.348. The topological polar surface area (TPSA) is 150 Å². The van der Waals surface area contributed by atoms with E-state index in [9.17, 15) is 29.1 Å². The van der Waals surface area contributed by atoms with Gasteiger partial charge in [0, 0.05) is 12.8 Å². The van der Waals surface area contributed by atoms with Crippen LogP contribution in [0.1, 0.15) is 24.1 Å². The predicted molar refractivity (Wildman–Crippen MR) is 145 cm³/mol. The lowest BCUT2D eigenvalue weighted by atomic mass is 10.0. The number of para-hydroxylation sites is 1. The Morgan fingerprint density at radius 3 is 1.97 bits per heavy atom. The molecule has 4 rings (SSSR count). The van der Waals surface area contributed by atoms with E-state index in [2.05, 4.69) is 15.6 Å². The average Bonchev–Trinajstić information content (AvgIpc) is 2.93. The molecule has 39 heavy (non-hydrogen) atoms. The summed E-state index contributed by atoms with van der Waals surface area (Å²) in [6, 6.07) is 20.6. The predicted octanol–water partition coefficient (Wildman–Crippen LogP) is 1.79. The molecule has 0 saturated carbocycles. The van der Waals surface area contributed by atoms with E-state index in [1.807, 2.05) is 0 Å². The maximum absolute atomic E-state index is 13.8. The standard InChI is InChI=1S/C29H28N4O6/c1-18(28(37)38)30-25(34)23(16-19-10-4-2-5-11-19)31-26(35)24(17-20-12-6-3-7-13-20)33-27(36)21-14-8-9-15-22(21)32-29(33)39/h2-15,18,23-24H,16-17H2,1H3,(H,30,34)(H,31,35)(H,32,39)(H,37,38)/t18-,23-,24+/m0/s1. The molecule has 1 aromatic heterocycles. The first-order valence-corrected chi connectivity index (χ1v) is 12.4. The van der Waals surface area contributed by atoms with Crippen molar-refractivity contribution >= 4 is 28.7 Å². The Balaban J connectivity index is 1.74. The monoisotopic (exact) mass is 528 g/mol. The number of carboxylic acids is 1. The van der Waals surface area contributed by atoms with Crippen LogP contribution in [0.4, 0.5) is 0 Å². The van der Waals surface area contributed by atoms with Gasteiger partial charge in [-0.1, -0.05) is 72.8 Å². The van der Waals surface area contributed by atoms with Crippen LogP contribution in [0.3, 0.4) is 0 Å². The van der Waals surface area contributed by atoms with E-state index in [0.29, 0.717) is 11.1 Å². The second kappa shape index (κ2) is 12.0. The van der Waals surface area contributed by atoms with Crippen LogP contribution < -0.4 is 21.9 Å². The van der Waals surface area contributed by atoms with Crippen molar-refractivity contribution in [2.75, 3.05) is 0 Å². The molecule has 1 heterocycles. The van der Waals surface area contributed by atoms with Crippen molar-refractivity contribution < 1.29 is 19.5 Å². The zero-order chi connectivity index (χ0) is 27.9. The van der Waals surface area contributed by atoms with Crippen molar-refractivity contribution in [3.05, 3.63) is 117 Å². The van der Waals surface area contributed by atoms with E-state index in [0.717, 1.165) is 10.1 Å². The van der Waals surface area contributed by atoms with Crippen molar-refractivity contribution in [3.63, 3.8) is 0 Å². The van der Waals surface area contributed by atoms with Gasteiger partial charge < -0.3 is 20.7 Å². The summed E-state index contributed by atoms with van der Waals surface area (Å²) in [5.74, 6) is -2.68. The molecule has 4 N–H and O–H groups in total. The number of rotatable bonds is 10. The molecule has 0 aliphatic rings. The first-order chi connectivity index (χ1) is 18.7. The maximum Gasteiger partial charge on any atom is 0.329 e. The molecule has 4 aromatic rings. The van der Waals surface area contributed by atoms with Gasteiger partial charge in [0.2, 0.25) is 11.8 Å². The van der Waals surface area contributed by atoms with E-state index in [-0.39, 0.29) is 18.2 Å². The van der Waals surface area contributed by atoms with E-state index in [1.54, 1.807) is 84.9 Å². The average molecular weight is 529 g/mol. The van der Waals surface area contributed by atoms with Gasteiger partial charge in [-0.05, 0) is 30.2 Å². The summed E-state index contributed by atoms with van der Waals surface area (Å²) in [6.45, 7) is 1.31. The van der Waals surface area contributed by atoms with Gasteiger partial charge in [-0.3, -0.25) is 19.2 Å². The highest BCUT2D eigenvalue weighted by molar-refractivity contribution is 5.91. The largest absolute Gasteiger partial charge is 0.480 e. The quantitative estimate of drug-likeness (QED) is 0.246. The van der Waals surface area contributed by atoms with Crippen LogP contribution in [-0.4, -0.2) is 44.5 Å². The van der Waals surface area contributed by atoms with Gasteiger partial charge in [0.05, 0.1) is 10.9 Å². The number of amides is 2. The minimum Gasteiger partial charge on any atom is -0.480 e. The minimum absolute atomic E-state index is 0.000789. The van der Waals surface area contributed by atoms with Gasteiger partial charge in [0.1, 0.15) is 18.1 Å². The number of nitrogens with one attached hydrogen (secondary N) is 3. The number of carboxylic acid groups (broad SMARTS) is 1. The summed E-state index contributed by atoms with van der Waals surface area (Å²) in [6.07, 6.45) is 0.0605. The van der Waals surface area contributed by atoms with Crippen LogP contribution >= 0.6 is 0 Å². The molecule has 0 fully saturated rings. The molecule has 200 valence electrons. The molecular formula is C29H28N4O6. The highest BCUT2D eigenvalue weighted by Crippen LogP contribution is 2.15. The number of hydrogen-bond donors (Lipinski definition) is 4. The fourth-order valence-electron chi connectivity index (χ4n) is 4.30. The van der Waals surface area contributed by atoms with E-state index in [1.165, 1.54) is 6.92 Å². The second-order valence-electron chi connectivity index (χ2n) is 9.18. The van der Waals surface area contributed by atoms with Gasteiger partial charge in [-0.2, -0.15) is 0 Å².